The van der Waals surface area contributed by atoms with E-state index in [0.717, 1.165) is 13.6 Å². The van der Waals surface area contributed by atoms with E-state index in [-0.39, 0.29) is 12.6 Å². The topological polar surface area (TPSA) is 46.2 Å². The summed E-state index contributed by atoms with van der Waals surface area (Å²) in [6.45, 7) is -0.0214. The van der Waals surface area contributed by atoms with Crippen LogP contribution in [-0.4, -0.2) is 11.7 Å². The largest absolute Gasteiger partial charge is 0.394 e. The average molecular weight is 342 g/mol. The van der Waals surface area contributed by atoms with Gasteiger partial charge in [-0.3, -0.25) is 0 Å². The second kappa shape index (κ2) is 4.55. The Labute approximate surface area is 93.4 Å². The van der Waals surface area contributed by atoms with Crippen molar-refractivity contribution in [1.29, 1.82) is 0 Å². The summed E-state index contributed by atoms with van der Waals surface area (Å²) in [5.41, 5.74) is 6.67. The van der Waals surface area contributed by atoms with Gasteiger partial charge in [0, 0.05) is 8.04 Å². The lowest BCUT2D eigenvalue weighted by Crippen LogP contribution is -2.15. The van der Waals surface area contributed by atoms with Crippen molar-refractivity contribution in [3.05, 3.63) is 31.8 Å². The van der Waals surface area contributed by atoms with Crippen LogP contribution in [0.2, 0.25) is 0 Å². The first-order valence-corrected chi connectivity index (χ1v) is 5.33. The van der Waals surface area contributed by atoms with Crippen molar-refractivity contribution in [2.24, 2.45) is 5.73 Å². The molecule has 0 aliphatic rings. The summed E-state index contributed by atoms with van der Waals surface area (Å²) >= 11 is 5.56. The Bertz CT molecular complexity index is 280. The molecule has 0 heterocycles. The van der Waals surface area contributed by atoms with E-state index in [4.69, 9.17) is 10.8 Å². The molecule has 0 spiro atoms. The number of aliphatic hydroxyl groups excluding tert-OH is 1. The Morgan fingerprint density at radius 2 is 2.25 bits per heavy atom. The van der Waals surface area contributed by atoms with Crippen LogP contribution >= 0.6 is 38.5 Å². The molecular weight excluding hydrogens is 333 g/mol. The monoisotopic (exact) mass is 341 g/mol. The third kappa shape index (κ3) is 2.42. The van der Waals surface area contributed by atoms with Gasteiger partial charge in [0.2, 0.25) is 0 Å². The molecule has 2 nitrogen and oxygen atoms in total. The quantitative estimate of drug-likeness (QED) is 0.809. The Hall–Kier alpha value is 0.350. The minimum absolute atomic E-state index is 0.0214. The third-order valence-corrected chi connectivity index (χ3v) is 3.03. The van der Waals surface area contributed by atoms with Gasteiger partial charge in [-0.05, 0) is 46.4 Å². The molecule has 66 valence electrons. The normalized spacial score (nSPS) is 13.0. The highest BCUT2D eigenvalue weighted by atomic mass is 127. The van der Waals surface area contributed by atoms with Gasteiger partial charge in [0.25, 0.3) is 0 Å². The number of aliphatic hydroxyl groups is 1. The van der Waals surface area contributed by atoms with E-state index in [1.54, 1.807) is 0 Å². The fourth-order valence-corrected chi connectivity index (χ4v) is 2.01. The van der Waals surface area contributed by atoms with E-state index in [1.165, 1.54) is 0 Å². The maximum Gasteiger partial charge on any atom is 0.0624 e. The molecule has 0 aliphatic heterocycles. The van der Waals surface area contributed by atoms with Crippen molar-refractivity contribution in [2.45, 2.75) is 6.04 Å². The molecule has 1 unspecified atom stereocenters. The molecule has 0 aliphatic carbocycles. The van der Waals surface area contributed by atoms with E-state index < -0.39 is 0 Å². The van der Waals surface area contributed by atoms with Crippen LogP contribution in [0, 0.1) is 3.57 Å². The van der Waals surface area contributed by atoms with Crippen molar-refractivity contribution in [3.63, 3.8) is 0 Å². The van der Waals surface area contributed by atoms with Gasteiger partial charge in [-0.1, -0.05) is 15.9 Å². The molecule has 0 saturated heterocycles. The highest BCUT2D eigenvalue weighted by Crippen LogP contribution is 2.22. The standard InChI is InChI=1S/C8H9BrINO/c9-5-1-2-7(10)6(3-5)8(11)4-12/h1-3,8,12H,4,11H2. The van der Waals surface area contributed by atoms with Crippen LogP contribution in [0.25, 0.3) is 0 Å². The summed E-state index contributed by atoms with van der Waals surface area (Å²) in [7, 11) is 0. The highest BCUT2D eigenvalue weighted by Gasteiger charge is 2.08. The molecule has 4 heteroatoms. The lowest BCUT2D eigenvalue weighted by atomic mass is 10.1. The lowest BCUT2D eigenvalue weighted by molar-refractivity contribution is 0.267. The first-order valence-electron chi connectivity index (χ1n) is 3.46. The minimum atomic E-state index is -0.283. The van der Waals surface area contributed by atoms with E-state index in [1.807, 2.05) is 18.2 Å². The molecule has 3 N–H and O–H groups in total. The molecule has 1 aromatic rings. The maximum absolute atomic E-state index is 8.86. The van der Waals surface area contributed by atoms with Gasteiger partial charge < -0.3 is 10.8 Å². The number of nitrogens with two attached hydrogens (primary N) is 1. The van der Waals surface area contributed by atoms with Gasteiger partial charge in [-0.15, -0.1) is 0 Å². The van der Waals surface area contributed by atoms with Crippen LogP contribution in [0.3, 0.4) is 0 Å². The van der Waals surface area contributed by atoms with Crippen molar-refractivity contribution in [3.8, 4) is 0 Å². The molecular formula is C8H9BrINO. The van der Waals surface area contributed by atoms with Crippen LogP contribution in [0.5, 0.6) is 0 Å². The molecule has 0 radical (unpaired) electrons. The molecule has 0 bridgehead atoms. The summed E-state index contributed by atoms with van der Waals surface area (Å²) in [6, 6.07) is 5.57. The molecule has 0 saturated carbocycles. The predicted molar refractivity (Wildman–Crippen MR) is 60.9 cm³/mol. The van der Waals surface area contributed by atoms with E-state index in [0.29, 0.717) is 0 Å². The molecule has 0 aromatic heterocycles. The number of benzene rings is 1. The lowest BCUT2D eigenvalue weighted by Gasteiger charge is -2.10. The third-order valence-electron chi connectivity index (χ3n) is 1.55. The first-order chi connectivity index (χ1) is 5.65. The molecule has 1 aromatic carbocycles. The Balaban J connectivity index is 3.04. The fraction of sp³-hybridized carbons (Fsp3) is 0.250. The Morgan fingerprint density at radius 3 is 2.83 bits per heavy atom. The second-order valence-corrected chi connectivity index (χ2v) is 4.53. The highest BCUT2D eigenvalue weighted by molar-refractivity contribution is 14.1. The smallest absolute Gasteiger partial charge is 0.0624 e. The van der Waals surface area contributed by atoms with Gasteiger partial charge in [0.15, 0.2) is 0 Å². The van der Waals surface area contributed by atoms with Crippen molar-refractivity contribution in [2.75, 3.05) is 6.61 Å². The van der Waals surface area contributed by atoms with Gasteiger partial charge in [0.1, 0.15) is 0 Å². The summed E-state index contributed by atoms with van der Waals surface area (Å²) < 4.78 is 2.07. The summed E-state index contributed by atoms with van der Waals surface area (Å²) in [4.78, 5) is 0. The molecule has 12 heavy (non-hydrogen) atoms. The number of halogens is 2. The number of hydrogen-bond donors (Lipinski definition) is 2. The van der Waals surface area contributed by atoms with Crippen LogP contribution in [-0.2, 0) is 0 Å². The van der Waals surface area contributed by atoms with E-state index in [9.17, 15) is 0 Å². The van der Waals surface area contributed by atoms with E-state index >= 15 is 0 Å². The molecule has 1 atom stereocenters. The molecule has 0 fully saturated rings. The first kappa shape index (κ1) is 10.4. The second-order valence-electron chi connectivity index (χ2n) is 2.45. The number of hydrogen-bond acceptors (Lipinski definition) is 2. The van der Waals surface area contributed by atoms with Crippen LogP contribution < -0.4 is 5.73 Å². The van der Waals surface area contributed by atoms with Crippen LogP contribution in [0.4, 0.5) is 0 Å². The van der Waals surface area contributed by atoms with E-state index in [2.05, 4.69) is 38.5 Å². The minimum Gasteiger partial charge on any atom is -0.394 e. The summed E-state index contributed by atoms with van der Waals surface area (Å²) in [6.07, 6.45) is 0. The van der Waals surface area contributed by atoms with Crippen LogP contribution in [0.15, 0.2) is 22.7 Å². The van der Waals surface area contributed by atoms with Gasteiger partial charge >= 0.3 is 0 Å². The van der Waals surface area contributed by atoms with Crippen molar-refractivity contribution >= 4 is 38.5 Å². The fourth-order valence-electron chi connectivity index (χ4n) is 0.897. The van der Waals surface area contributed by atoms with Crippen molar-refractivity contribution in [1.82, 2.24) is 0 Å². The van der Waals surface area contributed by atoms with Crippen LogP contribution in [0.1, 0.15) is 11.6 Å². The Morgan fingerprint density at radius 1 is 1.58 bits per heavy atom. The summed E-state index contributed by atoms with van der Waals surface area (Å²) in [5, 5.41) is 8.86. The molecule has 1 rings (SSSR count). The predicted octanol–water partition coefficient (Wildman–Crippen LogP) is 2.05. The van der Waals surface area contributed by atoms with Gasteiger partial charge in [-0.2, -0.15) is 0 Å². The van der Waals surface area contributed by atoms with Gasteiger partial charge in [0.05, 0.1) is 12.6 Å². The molecule has 0 amide bonds. The zero-order valence-electron chi connectivity index (χ0n) is 6.30. The average Bonchev–Trinajstić information content (AvgIpc) is 2.08. The SMILES string of the molecule is NC(CO)c1cc(Br)ccc1I. The Kier molecular flexibility index (Phi) is 3.95. The van der Waals surface area contributed by atoms with Gasteiger partial charge in [-0.25, -0.2) is 0 Å². The van der Waals surface area contributed by atoms with Crippen molar-refractivity contribution < 1.29 is 5.11 Å². The zero-order valence-corrected chi connectivity index (χ0v) is 10.0. The zero-order chi connectivity index (χ0) is 9.14. The maximum atomic E-state index is 8.86. The summed E-state index contributed by atoms with van der Waals surface area (Å²) in [5.74, 6) is 0. The number of rotatable bonds is 2.